The van der Waals surface area contributed by atoms with Gasteiger partial charge in [-0.25, -0.2) is 5.43 Å². The Morgan fingerprint density at radius 1 is 1.24 bits per heavy atom. The summed E-state index contributed by atoms with van der Waals surface area (Å²) in [4.78, 5) is 16.4. The number of aromatic nitrogens is 1. The average molecular weight is 354 g/mol. The van der Waals surface area contributed by atoms with E-state index in [2.05, 4.69) is 15.5 Å². The van der Waals surface area contributed by atoms with Crippen molar-refractivity contribution in [2.24, 2.45) is 5.10 Å². The molecule has 3 aromatic rings. The number of benzene rings is 2. The largest absolute Gasteiger partial charge is 0.479 e. The third-order valence-corrected chi connectivity index (χ3v) is 3.74. The van der Waals surface area contributed by atoms with Gasteiger partial charge in [-0.3, -0.25) is 9.78 Å². The molecule has 0 bridgehead atoms. The number of hydrogen-bond acceptors (Lipinski definition) is 4. The minimum atomic E-state index is -0.718. The van der Waals surface area contributed by atoms with E-state index in [9.17, 15) is 4.79 Å². The highest BCUT2D eigenvalue weighted by molar-refractivity contribution is 6.30. The number of carbonyl (C=O) groups excluding carboxylic acids is 1. The first kappa shape index (κ1) is 16.9. The molecule has 3 rings (SSSR count). The van der Waals surface area contributed by atoms with Crippen molar-refractivity contribution in [3.8, 4) is 5.75 Å². The van der Waals surface area contributed by atoms with E-state index in [0.717, 1.165) is 10.9 Å². The summed E-state index contributed by atoms with van der Waals surface area (Å²) in [7, 11) is 0. The molecular formula is C19H16ClN3O2. The summed E-state index contributed by atoms with van der Waals surface area (Å²) < 4.78 is 5.74. The van der Waals surface area contributed by atoms with Gasteiger partial charge in [0.1, 0.15) is 11.3 Å². The Balaban J connectivity index is 1.64. The third kappa shape index (κ3) is 4.33. The van der Waals surface area contributed by atoms with Crippen LogP contribution >= 0.6 is 11.6 Å². The first-order valence-corrected chi connectivity index (χ1v) is 8.10. The Bertz CT molecular complexity index is 922. The number of carbonyl (C=O) groups is 1. The maximum absolute atomic E-state index is 12.1. The van der Waals surface area contributed by atoms with Crippen LogP contribution in [0.4, 0.5) is 0 Å². The lowest BCUT2D eigenvalue weighted by atomic mass is 10.2. The van der Waals surface area contributed by atoms with Gasteiger partial charge in [-0.1, -0.05) is 41.9 Å². The van der Waals surface area contributed by atoms with Gasteiger partial charge >= 0.3 is 0 Å². The summed E-state index contributed by atoms with van der Waals surface area (Å²) in [5.41, 5.74) is 3.97. The monoisotopic (exact) mass is 353 g/mol. The van der Waals surface area contributed by atoms with Gasteiger partial charge in [0.25, 0.3) is 5.91 Å². The minimum absolute atomic E-state index is 0.355. The van der Waals surface area contributed by atoms with Crippen LogP contribution in [-0.2, 0) is 4.79 Å². The normalized spacial score (nSPS) is 12.2. The van der Waals surface area contributed by atoms with E-state index in [1.54, 1.807) is 31.3 Å². The summed E-state index contributed by atoms with van der Waals surface area (Å²) >= 11 is 5.90. The van der Waals surface area contributed by atoms with Crippen molar-refractivity contribution in [1.29, 1.82) is 0 Å². The van der Waals surface area contributed by atoms with Gasteiger partial charge in [-0.05, 0) is 36.8 Å². The van der Waals surface area contributed by atoms with E-state index in [1.165, 1.54) is 6.21 Å². The van der Waals surface area contributed by atoms with Gasteiger partial charge in [0.05, 0.1) is 6.21 Å². The van der Waals surface area contributed by atoms with Gasteiger partial charge in [0.2, 0.25) is 0 Å². The smallest absolute Gasteiger partial charge is 0.280 e. The number of halogens is 1. The third-order valence-electron chi connectivity index (χ3n) is 3.51. The summed E-state index contributed by atoms with van der Waals surface area (Å²) in [5, 5.41) is 5.49. The molecule has 0 radical (unpaired) electrons. The lowest BCUT2D eigenvalue weighted by Crippen LogP contribution is -2.33. The van der Waals surface area contributed by atoms with E-state index in [1.807, 2.05) is 36.4 Å². The van der Waals surface area contributed by atoms with Crippen molar-refractivity contribution in [1.82, 2.24) is 10.4 Å². The Morgan fingerprint density at radius 2 is 2.04 bits per heavy atom. The van der Waals surface area contributed by atoms with Gasteiger partial charge in [0.15, 0.2) is 6.10 Å². The fraction of sp³-hybridized carbons (Fsp3) is 0.105. The molecule has 1 aromatic heterocycles. The number of nitrogens with one attached hydrogen (secondary N) is 1. The number of ether oxygens (including phenoxy) is 1. The molecule has 0 spiro atoms. The zero-order valence-electron chi connectivity index (χ0n) is 13.5. The van der Waals surface area contributed by atoms with E-state index in [0.29, 0.717) is 16.3 Å². The molecule has 0 aliphatic heterocycles. The van der Waals surface area contributed by atoms with Gasteiger partial charge < -0.3 is 4.74 Å². The van der Waals surface area contributed by atoms with Crippen molar-refractivity contribution in [3.05, 3.63) is 71.4 Å². The van der Waals surface area contributed by atoms with Crippen molar-refractivity contribution < 1.29 is 9.53 Å². The molecule has 0 saturated heterocycles. The number of nitrogens with zero attached hydrogens (tertiary/aromatic N) is 2. The maximum atomic E-state index is 12.1. The van der Waals surface area contributed by atoms with Crippen LogP contribution in [0.15, 0.2) is 65.9 Å². The maximum Gasteiger partial charge on any atom is 0.280 e. The summed E-state index contributed by atoms with van der Waals surface area (Å²) in [5.74, 6) is 0.200. The van der Waals surface area contributed by atoms with E-state index in [4.69, 9.17) is 16.3 Å². The number of hydrazone groups is 1. The quantitative estimate of drug-likeness (QED) is 0.560. The SMILES string of the molecule is C[C@@H](Oc1cccc2cccnc12)C(=O)N/N=C\c1cccc(Cl)c1. The van der Waals surface area contributed by atoms with Crippen LogP contribution < -0.4 is 10.2 Å². The minimum Gasteiger partial charge on any atom is -0.479 e. The second kappa shape index (κ2) is 7.77. The molecule has 0 aliphatic carbocycles. The highest BCUT2D eigenvalue weighted by atomic mass is 35.5. The number of pyridine rings is 1. The predicted molar refractivity (Wildman–Crippen MR) is 99.0 cm³/mol. The molecule has 6 heteroatoms. The van der Waals surface area contributed by atoms with Crippen molar-refractivity contribution in [3.63, 3.8) is 0 Å². The molecule has 1 atom stereocenters. The van der Waals surface area contributed by atoms with E-state index >= 15 is 0 Å². The van der Waals surface area contributed by atoms with Crippen LogP contribution in [0.25, 0.3) is 10.9 Å². The Labute approximate surface area is 150 Å². The number of para-hydroxylation sites is 1. The molecule has 25 heavy (non-hydrogen) atoms. The molecule has 1 N–H and O–H groups in total. The first-order chi connectivity index (χ1) is 12.1. The predicted octanol–water partition coefficient (Wildman–Crippen LogP) is 3.81. The number of rotatable bonds is 5. The average Bonchev–Trinajstić information content (AvgIpc) is 2.62. The van der Waals surface area contributed by atoms with Crippen LogP contribution in [0.2, 0.25) is 5.02 Å². The molecule has 0 saturated carbocycles. The molecule has 0 fully saturated rings. The van der Waals surface area contributed by atoms with Crippen molar-refractivity contribution in [2.45, 2.75) is 13.0 Å². The summed E-state index contributed by atoms with van der Waals surface area (Å²) in [6.07, 6.45) is 2.50. The Kier molecular flexibility index (Phi) is 5.26. The summed E-state index contributed by atoms with van der Waals surface area (Å²) in [6, 6.07) is 16.5. The van der Waals surface area contributed by atoms with Crippen molar-refractivity contribution >= 4 is 34.6 Å². The lowest BCUT2D eigenvalue weighted by Gasteiger charge is -2.14. The second-order valence-corrected chi connectivity index (χ2v) is 5.82. The molecule has 0 aliphatic rings. The highest BCUT2D eigenvalue weighted by Crippen LogP contribution is 2.23. The lowest BCUT2D eigenvalue weighted by molar-refractivity contribution is -0.127. The second-order valence-electron chi connectivity index (χ2n) is 5.38. The number of amides is 1. The molecule has 126 valence electrons. The van der Waals surface area contributed by atoms with Gasteiger partial charge in [-0.15, -0.1) is 0 Å². The zero-order valence-corrected chi connectivity index (χ0v) is 14.3. The van der Waals surface area contributed by atoms with Crippen LogP contribution in [0.3, 0.4) is 0 Å². The zero-order chi connectivity index (χ0) is 17.6. The molecular weight excluding hydrogens is 338 g/mol. The van der Waals surface area contributed by atoms with Crippen LogP contribution in [0.1, 0.15) is 12.5 Å². The molecule has 0 unspecified atom stereocenters. The standard InChI is InChI=1S/C19H16ClN3O2/c1-13(19(24)23-22-12-14-5-2-8-16(20)11-14)25-17-9-3-6-15-7-4-10-21-18(15)17/h2-13H,1H3,(H,23,24)/b22-12-/t13-/m1/s1. The van der Waals surface area contributed by atoms with E-state index < -0.39 is 6.10 Å². The highest BCUT2D eigenvalue weighted by Gasteiger charge is 2.15. The number of fused-ring (bicyclic) bond motifs is 1. The molecule has 2 aromatic carbocycles. The Hall–Kier alpha value is -2.92. The van der Waals surface area contributed by atoms with Gasteiger partial charge in [0, 0.05) is 16.6 Å². The molecule has 5 nitrogen and oxygen atoms in total. The molecule has 1 amide bonds. The fourth-order valence-electron chi connectivity index (χ4n) is 2.26. The summed E-state index contributed by atoms with van der Waals surface area (Å²) in [6.45, 7) is 1.66. The molecule has 1 heterocycles. The van der Waals surface area contributed by atoms with Crippen molar-refractivity contribution in [2.75, 3.05) is 0 Å². The van der Waals surface area contributed by atoms with Gasteiger partial charge in [-0.2, -0.15) is 5.10 Å². The fourth-order valence-corrected chi connectivity index (χ4v) is 2.46. The van der Waals surface area contributed by atoms with E-state index in [-0.39, 0.29) is 5.91 Å². The number of hydrogen-bond donors (Lipinski definition) is 1. The van der Waals surface area contributed by atoms with Crippen LogP contribution in [0, 0.1) is 0 Å². The van der Waals surface area contributed by atoms with Crippen LogP contribution in [0.5, 0.6) is 5.75 Å². The topological polar surface area (TPSA) is 63.6 Å². The Morgan fingerprint density at radius 3 is 2.88 bits per heavy atom. The van der Waals surface area contributed by atoms with Crippen LogP contribution in [-0.4, -0.2) is 23.2 Å². The first-order valence-electron chi connectivity index (χ1n) is 7.72.